The molecule has 0 fully saturated rings. The Morgan fingerprint density at radius 1 is 0.853 bits per heavy atom. The Hall–Kier alpha value is -4.13. The number of nitrogens with zero attached hydrogens (tertiary/aromatic N) is 1. The summed E-state index contributed by atoms with van der Waals surface area (Å²) in [5, 5.41) is 3.08. The van der Waals surface area contributed by atoms with Crippen LogP contribution in [0, 0.1) is 12.7 Å². The number of hydrogen-bond acceptors (Lipinski definition) is 5. The van der Waals surface area contributed by atoms with Crippen molar-refractivity contribution in [3.8, 4) is 11.5 Å². The molecule has 0 spiro atoms. The van der Waals surface area contributed by atoms with Crippen molar-refractivity contribution < 1.29 is 23.5 Å². The second kappa shape index (κ2) is 9.79. The lowest BCUT2D eigenvalue weighted by Gasteiger charge is -2.16. The molecular formula is C27H25FN2O4. The number of ether oxygens (including phenoxy) is 2. The standard InChI is InChI=1S/C27H25FN2O4/c1-4-33-22-15-14-19(16-23(22)34-5-2)29-25-24(18-12-10-17(3)11-13-18)26(31)30(27(25)32)21-9-7-6-8-20(21)28/h6-16,29H,4-5H2,1-3H3. The molecule has 0 aliphatic carbocycles. The van der Waals surface area contributed by atoms with Gasteiger partial charge < -0.3 is 14.8 Å². The van der Waals surface area contributed by atoms with Gasteiger partial charge in [-0.1, -0.05) is 42.0 Å². The van der Waals surface area contributed by atoms with E-state index in [4.69, 9.17) is 9.47 Å². The summed E-state index contributed by atoms with van der Waals surface area (Å²) in [7, 11) is 0. The molecule has 0 aromatic heterocycles. The van der Waals surface area contributed by atoms with E-state index >= 15 is 0 Å². The Labute approximate surface area is 197 Å². The highest BCUT2D eigenvalue weighted by Crippen LogP contribution is 2.36. The third kappa shape index (κ3) is 4.37. The maximum atomic E-state index is 14.6. The average Bonchev–Trinajstić information content (AvgIpc) is 3.06. The first-order chi connectivity index (χ1) is 16.4. The first kappa shape index (κ1) is 23.0. The van der Waals surface area contributed by atoms with Crippen molar-refractivity contribution in [1.82, 2.24) is 0 Å². The van der Waals surface area contributed by atoms with E-state index in [1.165, 1.54) is 18.2 Å². The van der Waals surface area contributed by atoms with Crippen molar-refractivity contribution in [2.24, 2.45) is 0 Å². The van der Waals surface area contributed by atoms with Crippen LogP contribution in [0.3, 0.4) is 0 Å². The van der Waals surface area contributed by atoms with E-state index in [9.17, 15) is 14.0 Å². The molecule has 3 aromatic carbocycles. The van der Waals surface area contributed by atoms with Crippen LogP contribution in [0.1, 0.15) is 25.0 Å². The minimum atomic E-state index is -0.659. The van der Waals surface area contributed by atoms with Crippen molar-refractivity contribution in [2.45, 2.75) is 20.8 Å². The Kier molecular flexibility index (Phi) is 6.63. The van der Waals surface area contributed by atoms with E-state index in [1.807, 2.05) is 32.9 Å². The normalized spacial score (nSPS) is 13.5. The van der Waals surface area contributed by atoms with Gasteiger partial charge in [-0.25, -0.2) is 9.29 Å². The average molecular weight is 461 g/mol. The molecule has 7 heteroatoms. The summed E-state index contributed by atoms with van der Waals surface area (Å²) >= 11 is 0. The van der Waals surface area contributed by atoms with Gasteiger partial charge >= 0.3 is 0 Å². The molecule has 1 heterocycles. The summed E-state index contributed by atoms with van der Waals surface area (Å²) in [6.07, 6.45) is 0. The molecule has 0 bridgehead atoms. The molecule has 174 valence electrons. The number of carbonyl (C=O) groups is 2. The molecule has 3 aromatic rings. The number of halogens is 1. The van der Waals surface area contributed by atoms with Gasteiger partial charge in [0.1, 0.15) is 11.5 Å². The fraction of sp³-hybridized carbons (Fsp3) is 0.185. The molecule has 0 saturated carbocycles. The highest BCUT2D eigenvalue weighted by atomic mass is 19.1. The molecule has 4 rings (SSSR count). The van der Waals surface area contributed by atoms with E-state index < -0.39 is 17.6 Å². The van der Waals surface area contributed by atoms with E-state index in [0.29, 0.717) is 36.0 Å². The predicted molar refractivity (Wildman–Crippen MR) is 129 cm³/mol. The quantitative estimate of drug-likeness (QED) is 0.461. The van der Waals surface area contributed by atoms with Crippen LogP contribution in [0.15, 0.2) is 72.4 Å². The number of aryl methyl sites for hydroxylation is 1. The number of rotatable bonds is 8. The number of carbonyl (C=O) groups excluding carboxylic acids is 2. The fourth-order valence-corrected chi connectivity index (χ4v) is 3.76. The van der Waals surface area contributed by atoms with Crippen LogP contribution in [0.5, 0.6) is 11.5 Å². The number of imide groups is 1. The first-order valence-electron chi connectivity index (χ1n) is 11.1. The van der Waals surface area contributed by atoms with Crippen molar-refractivity contribution in [2.75, 3.05) is 23.4 Å². The molecular weight excluding hydrogens is 435 g/mol. The molecule has 34 heavy (non-hydrogen) atoms. The van der Waals surface area contributed by atoms with Crippen LogP contribution in [-0.2, 0) is 9.59 Å². The number of nitrogens with one attached hydrogen (secondary N) is 1. The van der Waals surface area contributed by atoms with Gasteiger partial charge in [-0.15, -0.1) is 0 Å². The maximum absolute atomic E-state index is 14.6. The summed E-state index contributed by atoms with van der Waals surface area (Å²) in [6, 6.07) is 18.1. The molecule has 0 unspecified atom stereocenters. The third-order valence-electron chi connectivity index (χ3n) is 5.33. The lowest BCUT2D eigenvalue weighted by Crippen LogP contribution is -2.33. The summed E-state index contributed by atoms with van der Waals surface area (Å²) in [5.74, 6) is -0.817. The number of amides is 2. The second-order valence-corrected chi connectivity index (χ2v) is 7.67. The van der Waals surface area contributed by atoms with Crippen molar-refractivity contribution in [3.05, 3.63) is 89.4 Å². The minimum absolute atomic E-state index is 0.0590. The number of anilines is 2. The zero-order valence-electron chi connectivity index (χ0n) is 19.2. The molecule has 1 N–H and O–H groups in total. The lowest BCUT2D eigenvalue weighted by molar-refractivity contribution is -0.120. The molecule has 0 radical (unpaired) electrons. The summed E-state index contributed by atoms with van der Waals surface area (Å²) < 4.78 is 25.9. The topological polar surface area (TPSA) is 67.9 Å². The van der Waals surface area contributed by atoms with Crippen LogP contribution in [0.25, 0.3) is 5.57 Å². The minimum Gasteiger partial charge on any atom is -0.490 e. The van der Waals surface area contributed by atoms with Crippen LogP contribution >= 0.6 is 0 Å². The zero-order chi connectivity index (χ0) is 24.2. The lowest BCUT2D eigenvalue weighted by atomic mass is 10.0. The summed E-state index contributed by atoms with van der Waals surface area (Å²) in [5.41, 5.74) is 2.23. The van der Waals surface area contributed by atoms with Crippen LogP contribution in [0.2, 0.25) is 0 Å². The van der Waals surface area contributed by atoms with Gasteiger partial charge in [0.25, 0.3) is 11.8 Å². The van der Waals surface area contributed by atoms with E-state index in [1.54, 1.807) is 36.4 Å². The smallest absolute Gasteiger partial charge is 0.282 e. The zero-order valence-corrected chi connectivity index (χ0v) is 19.2. The van der Waals surface area contributed by atoms with Crippen molar-refractivity contribution in [3.63, 3.8) is 0 Å². The monoisotopic (exact) mass is 460 g/mol. The van der Waals surface area contributed by atoms with Gasteiger partial charge in [0.15, 0.2) is 11.5 Å². The number of para-hydroxylation sites is 1. The fourth-order valence-electron chi connectivity index (χ4n) is 3.76. The van der Waals surface area contributed by atoms with E-state index in [-0.39, 0.29) is 17.0 Å². The van der Waals surface area contributed by atoms with Crippen LogP contribution in [0.4, 0.5) is 15.8 Å². The van der Waals surface area contributed by atoms with Gasteiger partial charge in [0, 0.05) is 11.8 Å². The molecule has 2 amide bonds. The molecule has 0 saturated heterocycles. The van der Waals surface area contributed by atoms with Gasteiger partial charge in [0.05, 0.1) is 24.5 Å². The molecule has 1 aliphatic heterocycles. The second-order valence-electron chi connectivity index (χ2n) is 7.67. The Bertz CT molecular complexity index is 1270. The van der Waals surface area contributed by atoms with Crippen LogP contribution in [-0.4, -0.2) is 25.0 Å². The SMILES string of the molecule is CCOc1ccc(NC2=C(c3ccc(C)cc3)C(=O)N(c3ccccc3F)C2=O)cc1OCC. The van der Waals surface area contributed by atoms with Gasteiger partial charge in [0.2, 0.25) is 0 Å². The Morgan fingerprint density at radius 2 is 1.53 bits per heavy atom. The van der Waals surface area contributed by atoms with Gasteiger partial charge in [-0.3, -0.25) is 9.59 Å². The first-order valence-corrected chi connectivity index (χ1v) is 11.1. The number of hydrogen-bond donors (Lipinski definition) is 1. The van der Waals surface area contributed by atoms with Gasteiger partial charge in [-0.05, 0) is 50.6 Å². The predicted octanol–water partition coefficient (Wildman–Crippen LogP) is 5.33. The maximum Gasteiger partial charge on any atom is 0.282 e. The summed E-state index contributed by atoms with van der Waals surface area (Å²) in [6.45, 7) is 6.57. The molecule has 1 aliphatic rings. The Morgan fingerprint density at radius 3 is 2.21 bits per heavy atom. The molecule has 0 atom stereocenters. The highest BCUT2D eigenvalue weighted by Gasteiger charge is 2.41. The largest absolute Gasteiger partial charge is 0.490 e. The van der Waals surface area contributed by atoms with Gasteiger partial charge in [-0.2, -0.15) is 0 Å². The molecule has 6 nitrogen and oxygen atoms in total. The van der Waals surface area contributed by atoms with E-state index in [0.717, 1.165) is 10.5 Å². The number of benzene rings is 3. The van der Waals surface area contributed by atoms with Crippen molar-refractivity contribution >= 4 is 28.8 Å². The van der Waals surface area contributed by atoms with Crippen LogP contribution < -0.4 is 19.7 Å². The van der Waals surface area contributed by atoms with Crippen molar-refractivity contribution in [1.29, 1.82) is 0 Å². The summed E-state index contributed by atoms with van der Waals surface area (Å²) in [4.78, 5) is 27.8. The highest BCUT2D eigenvalue weighted by molar-refractivity contribution is 6.46. The third-order valence-corrected chi connectivity index (χ3v) is 5.33. The van der Waals surface area contributed by atoms with E-state index in [2.05, 4.69) is 5.32 Å². The Balaban J connectivity index is 1.80.